The fourth-order valence-corrected chi connectivity index (χ4v) is 6.23. The van der Waals surface area contributed by atoms with E-state index in [1.54, 1.807) is 6.07 Å². The summed E-state index contributed by atoms with van der Waals surface area (Å²) in [6, 6.07) is 5.92. The van der Waals surface area contributed by atoms with Crippen molar-refractivity contribution in [1.82, 2.24) is 5.32 Å². The number of phenolic OH excluding ortho intramolecular Hbond substituents is 1. The number of hydrogen-bond donors (Lipinski definition) is 3. The molecule has 3 aliphatic rings. The average Bonchev–Trinajstić information content (AvgIpc) is 2.85. The number of phenols is 1. The summed E-state index contributed by atoms with van der Waals surface area (Å²) in [5.41, 5.74) is 2.50. The van der Waals surface area contributed by atoms with Gasteiger partial charge in [0.25, 0.3) is 0 Å². The lowest BCUT2D eigenvalue weighted by atomic mass is 9.55. The normalized spacial score (nSPS) is 38.4. The number of fused-ring (bicyclic) bond motifs is 5. The van der Waals surface area contributed by atoms with Crippen molar-refractivity contribution < 1.29 is 15.0 Å². The van der Waals surface area contributed by atoms with E-state index < -0.39 is 6.10 Å². The molecule has 0 heterocycles. The fraction of sp³-hybridized carbons (Fsp3) is 0.682. The third-order valence-electron chi connectivity index (χ3n) is 7.48. The van der Waals surface area contributed by atoms with Crippen LogP contribution < -0.4 is 5.32 Å². The van der Waals surface area contributed by atoms with Gasteiger partial charge in [0.05, 0.1) is 12.0 Å². The van der Waals surface area contributed by atoms with Crippen molar-refractivity contribution in [3.63, 3.8) is 0 Å². The second kappa shape index (κ2) is 6.26. The molecule has 2 fully saturated rings. The van der Waals surface area contributed by atoms with E-state index in [2.05, 4.69) is 18.3 Å². The van der Waals surface area contributed by atoms with Gasteiger partial charge in [0.15, 0.2) is 0 Å². The average molecular weight is 357 g/mol. The topological polar surface area (TPSA) is 69.6 Å². The van der Waals surface area contributed by atoms with Gasteiger partial charge in [-0.25, -0.2) is 0 Å². The molecule has 0 saturated heterocycles. The molecule has 4 unspecified atom stereocenters. The molecule has 1 aromatic rings. The van der Waals surface area contributed by atoms with Crippen LogP contribution in [0.4, 0.5) is 0 Å². The summed E-state index contributed by atoms with van der Waals surface area (Å²) in [6.07, 6.45) is 4.35. The van der Waals surface area contributed by atoms with Crippen LogP contribution in [-0.2, 0) is 11.2 Å². The third-order valence-corrected chi connectivity index (χ3v) is 7.48. The molecule has 1 aromatic carbocycles. The maximum Gasteiger partial charge on any atom is 0.225 e. The van der Waals surface area contributed by atoms with E-state index in [-0.39, 0.29) is 23.3 Å². The summed E-state index contributed by atoms with van der Waals surface area (Å²) in [5.74, 6) is 1.49. The van der Waals surface area contributed by atoms with E-state index in [1.165, 1.54) is 11.1 Å². The monoisotopic (exact) mass is 357 g/mol. The number of hydrogen-bond acceptors (Lipinski definition) is 3. The highest BCUT2D eigenvalue weighted by Gasteiger charge is 2.59. The van der Waals surface area contributed by atoms with Crippen LogP contribution in [0.15, 0.2) is 18.2 Å². The van der Waals surface area contributed by atoms with Crippen LogP contribution >= 0.6 is 0 Å². The Morgan fingerprint density at radius 1 is 1.31 bits per heavy atom. The molecule has 26 heavy (non-hydrogen) atoms. The highest BCUT2D eigenvalue weighted by Crippen LogP contribution is 2.62. The first kappa shape index (κ1) is 17.8. The predicted octanol–water partition coefficient (Wildman–Crippen LogP) is 3.36. The lowest BCUT2D eigenvalue weighted by molar-refractivity contribution is -0.130. The standard InChI is InChI=1S/C22H31NO3/c1-12(2)23-21(26)18-11-19-17-6-4-13-10-14(24)5-7-15(13)16(17)8-9-22(19,3)20(18)25/h5,7,10,12,16-20,24-25H,4,6,8-9,11H2,1-3H3,(H,23,26)/t16?,17?,18?,19?,20-,22-/m0/s1. The zero-order valence-corrected chi connectivity index (χ0v) is 16.0. The van der Waals surface area contributed by atoms with Crippen molar-refractivity contribution in [1.29, 1.82) is 0 Å². The number of benzene rings is 1. The molecule has 4 nitrogen and oxygen atoms in total. The zero-order valence-electron chi connectivity index (χ0n) is 16.0. The molecule has 142 valence electrons. The van der Waals surface area contributed by atoms with Gasteiger partial charge in [0.2, 0.25) is 5.91 Å². The van der Waals surface area contributed by atoms with Gasteiger partial charge in [-0.3, -0.25) is 4.79 Å². The summed E-state index contributed by atoms with van der Waals surface area (Å²) in [5, 5.41) is 23.9. The molecular weight excluding hydrogens is 326 g/mol. The second-order valence-corrected chi connectivity index (χ2v) is 9.29. The highest BCUT2D eigenvalue weighted by atomic mass is 16.3. The lowest BCUT2D eigenvalue weighted by Gasteiger charge is -2.50. The van der Waals surface area contributed by atoms with Crippen molar-refractivity contribution in [3.8, 4) is 5.75 Å². The van der Waals surface area contributed by atoms with Gasteiger partial charge >= 0.3 is 0 Å². The Morgan fingerprint density at radius 2 is 2.08 bits per heavy atom. The van der Waals surface area contributed by atoms with E-state index in [0.717, 1.165) is 32.1 Å². The van der Waals surface area contributed by atoms with Crippen LogP contribution in [0, 0.1) is 23.2 Å². The minimum absolute atomic E-state index is 0.0146. The molecule has 0 bridgehead atoms. The van der Waals surface area contributed by atoms with Crippen molar-refractivity contribution in [2.45, 2.75) is 70.9 Å². The first-order valence-corrected chi connectivity index (χ1v) is 10.1. The fourth-order valence-electron chi connectivity index (χ4n) is 6.23. The Balaban J connectivity index is 1.62. The molecule has 3 aliphatic carbocycles. The van der Waals surface area contributed by atoms with Gasteiger partial charge in [-0.2, -0.15) is 0 Å². The molecule has 0 aromatic heterocycles. The summed E-state index contributed by atoms with van der Waals surface area (Å²) >= 11 is 0. The van der Waals surface area contributed by atoms with Gasteiger partial charge in [0.1, 0.15) is 5.75 Å². The number of aryl methyl sites for hydroxylation is 1. The maximum atomic E-state index is 12.6. The van der Waals surface area contributed by atoms with Crippen LogP contribution in [-0.4, -0.2) is 28.3 Å². The van der Waals surface area contributed by atoms with E-state index in [4.69, 9.17) is 0 Å². The Bertz CT molecular complexity index is 715. The molecule has 0 spiro atoms. The van der Waals surface area contributed by atoms with Crippen LogP contribution in [0.3, 0.4) is 0 Å². The number of aromatic hydroxyl groups is 1. The molecule has 4 heteroatoms. The Morgan fingerprint density at radius 3 is 2.81 bits per heavy atom. The summed E-state index contributed by atoms with van der Waals surface area (Å²) < 4.78 is 0. The molecule has 0 radical (unpaired) electrons. The van der Waals surface area contributed by atoms with Gasteiger partial charge in [-0.1, -0.05) is 13.0 Å². The Labute approximate surface area is 156 Å². The summed E-state index contributed by atoms with van der Waals surface area (Å²) in [7, 11) is 0. The summed E-state index contributed by atoms with van der Waals surface area (Å²) in [6.45, 7) is 6.14. The minimum atomic E-state index is -0.548. The largest absolute Gasteiger partial charge is 0.508 e. The van der Waals surface area contributed by atoms with Crippen molar-refractivity contribution in [2.75, 3.05) is 0 Å². The van der Waals surface area contributed by atoms with Gasteiger partial charge in [-0.05, 0) is 92.4 Å². The van der Waals surface area contributed by atoms with E-state index in [0.29, 0.717) is 23.5 Å². The smallest absolute Gasteiger partial charge is 0.225 e. The van der Waals surface area contributed by atoms with Gasteiger partial charge < -0.3 is 15.5 Å². The highest BCUT2D eigenvalue weighted by molar-refractivity contribution is 5.80. The van der Waals surface area contributed by atoms with E-state index >= 15 is 0 Å². The van der Waals surface area contributed by atoms with E-state index in [1.807, 2.05) is 19.9 Å². The van der Waals surface area contributed by atoms with E-state index in [9.17, 15) is 15.0 Å². The Kier molecular flexibility index (Phi) is 4.30. The number of carbonyl (C=O) groups is 1. The lowest BCUT2D eigenvalue weighted by Crippen LogP contribution is -2.46. The predicted molar refractivity (Wildman–Crippen MR) is 101 cm³/mol. The molecule has 2 saturated carbocycles. The number of rotatable bonds is 2. The van der Waals surface area contributed by atoms with Crippen molar-refractivity contribution in [2.24, 2.45) is 23.2 Å². The summed E-state index contributed by atoms with van der Waals surface area (Å²) in [4.78, 5) is 12.6. The Hall–Kier alpha value is -1.55. The maximum absolute atomic E-state index is 12.6. The third kappa shape index (κ3) is 2.65. The number of aliphatic hydroxyl groups is 1. The first-order chi connectivity index (χ1) is 12.3. The first-order valence-electron chi connectivity index (χ1n) is 10.1. The number of aliphatic hydroxyl groups excluding tert-OH is 1. The zero-order chi connectivity index (χ0) is 18.6. The molecular formula is C22H31NO3. The van der Waals surface area contributed by atoms with Crippen LogP contribution in [0.2, 0.25) is 0 Å². The van der Waals surface area contributed by atoms with Crippen molar-refractivity contribution in [3.05, 3.63) is 29.3 Å². The van der Waals surface area contributed by atoms with Gasteiger partial charge in [0, 0.05) is 6.04 Å². The van der Waals surface area contributed by atoms with Crippen molar-refractivity contribution >= 4 is 5.91 Å². The van der Waals surface area contributed by atoms with Gasteiger partial charge in [-0.15, -0.1) is 0 Å². The minimum Gasteiger partial charge on any atom is -0.508 e. The molecule has 6 atom stereocenters. The number of amides is 1. The molecule has 0 aliphatic heterocycles. The second-order valence-electron chi connectivity index (χ2n) is 9.29. The quantitative estimate of drug-likeness (QED) is 0.760. The van der Waals surface area contributed by atoms with Crippen LogP contribution in [0.25, 0.3) is 0 Å². The SMILES string of the molecule is CC(C)NC(=O)C1CC2C3CCc4cc(O)ccc4C3CC[C@]2(C)[C@H]1O. The molecule has 3 N–H and O–H groups in total. The number of carbonyl (C=O) groups excluding carboxylic acids is 1. The number of nitrogens with one attached hydrogen (secondary N) is 1. The van der Waals surface area contributed by atoms with Crippen LogP contribution in [0.1, 0.15) is 63.5 Å². The van der Waals surface area contributed by atoms with Crippen LogP contribution in [0.5, 0.6) is 5.75 Å². The molecule has 1 amide bonds. The molecule has 4 rings (SSSR count).